The van der Waals surface area contributed by atoms with Crippen molar-refractivity contribution in [3.63, 3.8) is 0 Å². The molecule has 0 saturated heterocycles. The number of ether oxygens (including phenoxy) is 1. The topological polar surface area (TPSA) is 109 Å². The Morgan fingerprint density at radius 1 is 1.03 bits per heavy atom. The van der Waals surface area contributed by atoms with E-state index in [1.54, 1.807) is 36.7 Å². The number of pyridine rings is 1. The van der Waals surface area contributed by atoms with Crippen LogP contribution in [0.25, 0.3) is 11.3 Å². The third-order valence-electron chi connectivity index (χ3n) is 4.85. The molecule has 0 aliphatic rings. The molecule has 4 aromatic rings. The fourth-order valence-electron chi connectivity index (χ4n) is 3.22. The van der Waals surface area contributed by atoms with Crippen molar-refractivity contribution >= 4 is 11.6 Å². The van der Waals surface area contributed by atoms with Crippen molar-refractivity contribution in [1.29, 1.82) is 0 Å². The Kier molecular flexibility index (Phi) is 5.94. The maximum atomic E-state index is 13.3. The van der Waals surface area contributed by atoms with Gasteiger partial charge in [0.25, 0.3) is 5.91 Å². The normalized spacial score (nSPS) is 10.5. The summed E-state index contributed by atoms with van der Waals surface area (Å²) in [5.74, 6) is -0.378. The Morgan fingerprint density at radius 2 is 1.84 bits per heavy atom. The van der Waals surface area contributed by atoms with Gasteiger partial charge in [-0.05, 0) is 35.9 Å². The summed E-state index contributed by atoms with van der Waals surface area (Å²) in [6, 6.07) is 16.6. The lowest BCUT2D eigenvalue weighted by atomic mass is 10.1. The zero-order valence-electron chi connectivity index (χ0n) is 17.2. The first-order chi connectivity index (χ1) is 15.5. The van der Waals surface area contributed by atoms with Gasteiger partial charge in [-0.1, -0.05) is 18.2 Å². The van der Waals surface area contributed by atoms with E-state index in [1.165, 1.54) is 30.5 Å². The van der Waals surface area contributed by atoms with Crippen molar-refractivity contribution in [2.45, 2.75) is 6.54 Å². The van der Waals surface area contributed by atoms with E-state index in [-0.39, 0.29) is 23.6 Å². The number of aromatic hydroxyl groups is 2. The number of anilines is 1. The van der Waals surface area contributed by atoms with Crippen LogP contribution in [0.2, 0.25) is 0 Å². The second-order valence-electron chi connectivity index (χ2n) is 6.95. The number of nitrogens with zero attached hydrogens (tertiary/aromatic N) is 4. The Morgan fingerprint density at radius 3 is 2.53 bits per heavy atom. The van der Waals surface area contributed by atoms with Gasteiger partial charge in [0.15, 0.2) is 0 Å². The zero-order chi connectivity index (χ0) is 22.5. The third kappa shape index (κ3) is 4.49. The van der Waals surface area contributed by atoms with Crippen LogP contribution in [0, 0.1) is 0 Å². The molecular formula is C24H20N4O4. The average Bonchev–Trinajstić information content (AvgIpc) is 2.83. The molecule has 0 radical (unpaired) electrons. The van der Waals surface area contributed by atoms with Crippen LogP contribution in [0.3, 0.4) is 0 Å². The van der Waals surface area contributed by atoms with Gasteiger partial charge in [-0.2, -0.15) is 0 Å². The molecule has 8 nitrogen and oxygen atoms in total. The summed E-state index contributed by atoms with van der Waals surface area (Å²) >= 11 is 0. The first-order valence-electron chi connectivity index (χ1n) is 9.74. The summed E-state index contributed by atoms with van der Waals surface area (Å²) < 4.78 is 5.15. The highest BCUT2D eigenvalue weighted by atomic mass is 16.5. The average molecular weight is 428 g/mol. The summed E-state index contributed by atoms with van der Waals surface area (Å²) in [5, 5.41) is 19.8. The number of benzene rings is 2. The van der Waals surface area contributed by atoms with Crippen molar-refractivity contribution in [3.8, 4) is 28.6 Å². The molecular weight excluding hydrogens is 408 g/mol. The molecule has 4 rings (SSSR count). The maximum absolute atomic E-state index is 13.3. The minimum Gasteiger partial charge on any atom is -0.508 e. The van der Waals surface area contributed by atoms with Gasteiger partial charge in [0, 0.05) is 35.8 Å². The van der Waals surface area contributed by atoms with Crippen molar-refractivity contribution in [2.24, 2.45) is 0 Å². The molecule has 160 valence electrons. The number of hydrogen-bond donors (Lipinski definition) is 2. The molecule has 2 N–H and O–H groups in total. The Labute approximate surface area is 184 Å². The van der Waals surface area contributed by atoms with Crippen LogP contribution in [0.5, 0.6) is 17.4 Å². The van der Waals surface area contributed by atoms with Crippen molar-refractivity contribution in [3.05, 3.63) is 90.5 Å². The van der Waals surface area contributed by atoms with Crippen LogP contribution in [0.4, 0.5) is 5.69 Å². The summed E-state index contributed by atoms with van der Waals surface area (Å²) in [4.78, 5) is 27.3. The monoisotopic (exact) mass is 428 g/mol. The molecule has 8 heteroatoms. The van der Waals surface area contributed by atoms with Crippen LogP contribution in [0.1, 0.15) is 15.9 Å². The number of phenolic OH excluding ortho intramolecular Hbond substituents is 2. The van der Waals surface area contributed by atoms with E-state index in [2.05, 4.69) is 15.0 Å². The largest absolute Gasteiger partial charge is 0.508 e. The predicted molar refractivity (Wildman–Crippen MR) is 119 cm³/mol. The van der Waals surface area contributed by atoms with E-state index in [4.69, 9.17) is 4.74 Å². The van der Waals surface area contributed by atoms with Crippen LogP contribution in [0.15, 0.2) is 79.4 Å². The van der Waals surface area contributed by atoms with Crippen LogP contribution in [-0.2, 0) is 6.54 Å². The van der Waals surface area contributed by atoms with Gasteiger partial charge in [-0.3, -0.25) is 9.78 Å². The van der Waals surface area contributed by atoms with E-state index < -0.39 is 5.91 Å². The number of phenols is 2. The fourth-order valence-corrected chi connectivity index (χ4v) is 3.22. The molecule has 1 amide bonds. The van der Waals surface area contributed by atoms with Crippen LogP contribution in [-0.4, -0.2) is 38.2 Å². The van der Waals surface area contributed by atoms with Gasteiger partial charge in [0.2, 0.25) is 5.88 Å². The predicted octanol–water partition coefficient (Wildman–Crippen LogP) is 3.81. The lowest BCUT2D eigenvalue weighted by molar-refractivity contribution is 0.0982. The number of rotatable bonds is 6. The van der Waals surface area contributed by atoms with E-state index in [0.29, 0.717) is 17.3 Å². The minimum atomic E-state index is -0.414. The first-order valence-corrected chi connectivity index (χ1v) is 9.74. The van der Waals surface area contributed by atoms with Crippen molar-refractivity contribution in [1.82, 2.24) is 15.0 Å². The standard InChI is InChI=1S/C24H20N4O4/c1-32-23-12-21(26-15-27-23)17-4-6-18(7-5-17)28(14-16-3-2-10-25-13-16)24(31)20-9-8-19(29)11-22(20)30/h2-13,15,29-30H,14H2,1H3. The van der Waals surface area contributed by atoms with Gasteiger partial charge in [0.1, 0.15) is 17.8 Å². The molecule has 2 aromatic heterocycles. The minimum absolute atomic E-state index is 0.0799. The Bertz CT molecular complexity index is 1230. The number of amides is 1. The van der Waals surface area contributed by atoms with E-state index >= 15 is 0 Å². The van der Waals surface area contributed by atoms with E-state index in [9.17, 15) is 15.0 Å². The maximum Gasteiger partial charge on any atom is 0.262 e. The van der Waals surface area contributed by atoms with E-state index in [0.717, 1.165) is 17.2 Å². The highest BCUT2D eigenvalue weighted by molar-refractivity contribution is 6.08. The molecule has 2 heterocycles. The van der Waals surface area contributed by atoms with Crippen molar-refractivity contribution < 1.29 is 19.7 Å². The number of methoxy groups -OCH3 is 1. The van der Waals surface area contributed by atoms with Crippen LogP contribution < -0.4 is 9.64 Å². The van der Waals surface area contributed by atoms with Crippen molar-refractivity contribution in [2.75, 3.05) is 12.0 Å². The van der Waals surface area contributed by atoms with Gasteiger partial charge < -0.3 is 19.8 Å². The molecule has 0 atom stereocenters. The highest BCUT2D eigenvalue weighted by Crippen LogP contribution is 2.29. The summed E-state index contributed by atoms with van der Waals surface area (Å²) in [5.41, 5.74) is 3.04. The number of aromatic nitrogens is 3. The van der Waals surface area contributed by atoms with Gasteiger partial charge in [-0.25, -0.2) is 9.97 Å². The van der Waals surface area contributed by atoms with Gasteiger partial charge >= 0.3 is 0 Å². The molecule has 0 bridgehead atoms. The highest BCUT2D eigenvalue weighted by Gasteiger charge is 2.21. The first kappa shape index (κ1) is 20.8. The van der Waals surface area contributed by atoms with Crippen LogP contribution >= 0.6 is 0 Å². The molecule has 0 aliphatic heterocycles. The number of carbonyl (C=O) groups excluding carboxylic acids is 1. The Hall–Kier alpha value is -4.46. The molecule has 32 heavy (non-hydrogen) atoms. The quantitative estimate of drug-likeness (QED) is 0.481. The zero-order valence-corrected chi connectivity index (χ0v) is 17.2. The van der Waals surface area contributed by atoms with Gasteiger partial charge in [-0.15, -0.1) is 0 Å². The third-order valence-corrected chi connectivity index (χ3v) is 4.85. The molecule has 0 spiro atoms. The Balaban J connectivity index is 1.70. The lowest BCUT2D eigenvalue weighted by Gasteiger charge is -2.24. The fraction of sp³-hybridized carbons (Fsp3) is 0.0833. The van der Waals surface area contributed by atoms with E-state index in [1.807, 2.05) is 18.2 Å². The summed E-state index contributed by atoms with van der Waals surface area (Å²) in [6.45, 7) is 0.244. The summed E-state index contributed by atoms with van der Waals surface area (Å²) in [7, 11) is 1.54. The van der Waals surface area contributed by atoms with Gasteiger partial charge in [0.05, 0.1) is 24.9 Å². The lowest BCUT2D eigenvalue weighted by Crippen LogP contribution is -2.30. The summed E-state index contributed by atoms with van der Waals surface area (Å²) in [6.07, 6.45) is 4.76. The molecule has 0 fully saturated rings. The molecule has 2 aromatic carbocycles. The molecule has 0 unspecified atom stereocenters. The smallest absolute Gasteiger partial charge is 0.262 e. The molecule has 0 aliphatic carbocycles. The molecule has 0 saturated carbocycles. The number of hydrogen-bond acceptors (Lipinski definition) is 7. The SMILES string of the molecule is COc1cc(-c2ccc(N(Cc3cccnc3)C(=O)c3ccc(O)cc3O)cc2)ncn1. The number of carbonyl (C=O) groups is 1. The second-order valence-corrected chi connectivity index (χ2v) is 6.95. The second kappa shape index (κ2) is 9.13.